The summed E-state index contributed by atoms with van der Waals surface area (Å²) in [5.41, 5.74) is 0.744. The van der Waals surface area contributed by atoms with Gasteiger partial charge in [0.25, 0.3) is 0 Å². The lowest BCUT2D eigenvalue weighted by atomic mass is 9.97. The summed E-state index contributed by atoms with van der Waals surface area (Å²) in [6.45, 7) is 1.76. The molecule has 0 radical (unpaired) electrons. The summed E-state index contributed by atoms with van der Waals surface area (Å²) in [4.78, 5) is 27.0. The molecule has 1 atom stereocenters. The van der Waals surface area contributed by atoms with Crippen molar-refractivity contribution < 1.29 is 14.3 Å². The molecule has 0 aliphatic carbocycles. The molecule has 30 heavy (non-hydrogen) atoms. The van der Waals surface area contributed by atoms with Crippen molar-refractivity contribution in [2.75, 3.05) is 19.7 Å². The Morgan fingerprint density at radius 2 is 1.93 bits per heavy atom. The predicted molar refractivity (Wildman–Crippen MR) is 111 cm³/mol. The van der Waals surface area contributed by atoms with Gasteiger partial charge in [0.2, 0.25) is 11.8 Å². The zero-order valence-electron chi connectivity index (χ0n) is 16.7. The summed E-state index contributed by atoms with van der Waals surface area (Å²) >= 11 is 0. The van der Waals surface area contributed by atoms with Crippen molar-refractivity contribution in [1.82, 2.24) is 24.8 Å². The molecule has 4 rings (SSSR count). The Morgan fingerprint density at radius 1 is 1.10 bits per heavy atom. The van der Waals surface area contributed by atoms with Crippen molar-refractivity contribution >= 4 is 17.5 Å². The minimum atomic E-state index is -0.211. The molecule has 3 aromatic rings. The van der Waals surface area contributed by atoms with Crippen LogP contribution in [-0.2, 0) is 16.1 Å². The minimum absolute atomic E-state index is 0.0203. The molecule has 2 aromatic heterocycles. The van der Waals surface area contributed by atoms with Crippen LogP contribution in [0.3, 0.4) is 0 Å². The first-order valence-corrected chi connectivity index (χ1v) is 10.2. The summed E-state index contributed by atoms with van der Waals surface area (Å²) in [6.07, 6.45) is 3.76. The normalized spacial score (nSPS) is 16.4. The molecule has 1 N–H and O–H groups in total. The van der Waals surface area contributed by atoms with Crippen LogP contribution >= 0.6 is 0 Å². The van der Waals surface area contributed by atoms with E-state index in [1.807, 2.05) is 59.1 Å². The van der Waals surface area contributed by atoms with Gasteiger partial charge in [-0.05, 0) is 37.1 Å². The first kappa shape index (κ1) is 19.9. The molecule has 1 aromatic carbocycles. The van der Waals surface area contributed by atoms with Crippen molar-refractivity contribution in [3.05, 3.63) is 60.6 Å². The van der Waals surface area contributed by atoms with Crippen LogP contribution < -0.4 is 10.1 Å². The van der Waals surface area contributed by atoms with E-state index >= 15 is 0 Å². The average Bonchev–Trinajstić information content (AvgIpc) is 3.21. The highest BCUT2D eigenvalue weighted by molar-refractivity contribution is 5.81. The maximum Gasteiger partial charge on any atom is 0.226 e. The number of rotatable bonds is 7. The molecule has 0 saturated carbocycles. The van der Waals surface area contributed by atoms with Crippen molar-refractivity contribution in [3.63, 3.8) is 0 Å². The third-order valence-electron chi connectivity index (χ3n) is 5.28. The van der Waals surface area contributed by atoms with Crippen LogP contribution in [0.2, 0.25) is 0 Å². The van der Waals surface area contributed by atoms with E-state index in [4.69, 9.17) is 4.74 Å². The average molecular weight is 407 g/mol. The number of carbonyl (C=O) groups is 2. The Balaban J connectivity index is 1.25. The van der Waals surface area contributed by atoms with Gasteiger partial charge in [-0.15, -0.1) is 10.2 Å². The topological polar surface area (TPSA) is 88.8 Å². The molecule has 0 bridgehead atoms. The quantitative estimate of drug-likeness (QED) is 0.648. The predicted octanol–water partition coefficient (Wildman–Crippen LogP) is 2.05. The maximum atomic E-state index is 12.7. The molecule has 1 unspecified atom stereocenters. The van der Waals surface area contributed by atoms with E-state index in [1.165, 1.54) is 0 Å². The van der Waals surface area contributed by atoms with E-state index in [0.717, 1.165) is 24.2 Å². The molecule has 2 amide bonds. The second kappa shape index (κ2) is 9.39. The van der Waals surface area contributed by atoms with Crippen LogP contribution in [0.15, 0.2) is 54.7 Å². The second-order valence-electron chi connectivity index (χ2n) is 7.35. The first-order chi connectivity index (χ1) is 14.7. The number of carbonyl (C=O) groups excluding carboxylic acids is 2. The maximum absolute atomic E-state index is 12.7. The smallest absolute Gasteiger partial charge is 0.226 e. The van der Waals surface area contributed by atoms with Gasteiger partial charge in [0, 0.05) is 19.3 Å². The zero-order valence-corrected chi connectivity index (χ0v) is 16.7. The number of para-hydroxylation sites is 1. The van der Waals surface area contributed by atoms with Crippen molar-refractivity contribution in [1.29, 1.82) is 0 Å². The SMILES string of the molecule is O=C(NCc1nnc2ccccn12)C1CCCN(C(=O)CCOc2ccccc2)C1. The number of amides is 2. The van der Waals surface area contributed by atoms with Crippen molar-refractivity contribution in [2.45, 2.75) is 25.8 Å². The molecule has 8 nitrogen and oxygen atoms in total. The molecule has 8 heteroatoms. The van der Waals surface area contributed by atoms with Crippen LogP contribution in [0.25, 0.3) is 5.65 Å². The number of hydrogen-bond donors (Lipinski definition) is 1. The van der Waals surface area contributed by atoms with E-state index in [0.29, 0.717) is 38.5 Å². The Kier molecular flexibility index (Phi) is 6.22. The molecule has 1 fully saturated rings. The number of nitrogens with one attached hydrogen (secondary N) is 1. The highest BCUT2D eigenvalue weighted by Crippen LogP contribution is 2.18. The van der Waals surface area contributed by atoms with Gasteiger partial charge in [0.1, 0.15) is 5.75 Å². The van der Waals surface area contributed by atoms with Crippen LogP contribution in [0, 0.1) is 5.92 Å². The second-order valence-corrected chi connectivity index (χ2v) is 7.35. The number of nitrogens with zero attached hydrogens (tertiary/aromatic N) is 4. The lowest BCUT2D eigenvalue weighted by Crippen LogP contribution is -2.45. The summed E-state index contributed by atoms with van der Waals surface area (Å²) in [5.74, 6) is 1.19. The van der Waals surface area contributed by atoms with Gasteiger partial charge in [-0.3, -0.25) is 14.0 Å². The minimum Gasteiger partial charge on any atom is -0.493 e. The lowest BCUT2D eigenvalue weighted by Gasteiger charge is -2.32. The Labute approximate surface area is 174 Å². The summed E-state index contributed by atoms with van der Waals surface area (Å²) in [6, 6.07) is 15.1. The number of fused-ring (bicyclic) bond motifs is 1. The number of ether oxygens (including phenoxy) is 1. The Hall–Kier alpha value is -3.42. The van der Waals surface area contributed by atoms with E-state index in [1.54, 1.807) is 4.90 Å². The van der Waals surface area contributed by atoms with Gasteiger partial charge in [0.05, 0.1) is 25.5 Å². The van der Waals surface area contributed by atoms with Gasteiger partial charge in [-0.25, -0.2) is 0 Å². The first-order valence-electron chi connectivity index (χ1n) is 10.2. The fourth-order valence-corrected chi connectivity index (χ4v) is 3.67. The lowest BCUT2D eigenvalue weighted by molar-refractivity contribution is -0.136. The van der Waals surface area contributed by atoms with Gasteiger partial charge in [0.15, 0.2) is 11.5 Å². The number of likely N-dealkylation sites (tertiary alicyclic amines) is 1. The number of pyridine rings is 1. The van der Waals surface area contributed by atoms with E-state index in [9.17, 15) is 9.59 Å². The fraction of sp³-hybridized carbons (Fsp3) is 0.364. The van der Waals surface area contributed by atoms with Crippen molar-refractivity contribution in [3.8, 4) is 5.75 Å². The van der Waals surface area contributed by atoms with E-state index in [-0.39, 0.29) is 17.7 Å². The van der Waals surface area contributed by atoms with Gasteiger partial charge in [-0.1, -0.05) is 24.3 Å². The molecule has 3 heterocycles. The third kappa shape index (κ3) is 4.76. The van der Waals surface area contributed by atoms with Gasteiger partial charge in [-0.2, -0.15) is 0 Å². The molecular weight excluding hydrogens is 382 g/mol. The number of aromatic nitrogens is 3. The van der Waals surface area contributed by atoms with Crippen LogP contribution in [-0.4, -0.2) is 51.0 Å². The Bertz CT molecular complexity index is 1000. The number of piperidine rings is 1. The number of benzene rings is 1. The standard InChI is InChI=1S/C22H25N5O3/c28-21(11-14-30-18-8-2-1-3-9-18)26-12-6-7-17(16-26)22(29)23-15-20-25-24-19-10-4-5-13-27(19)20/h1-5,8-10,13,17H,6-7,11-12,14-16H2,(H,23,29). The third-order valence-corrected chi connectivity index (χ3v) is 5.28. The molecule has 156 valence electrons. The van der Waals surface area contributed by atoms with E-state index in [2.05, 4.69) is 15.5 Å². The summed E-state index contributed by atoms with van der Waals surface area (Å²) in [7, 11) is 0. The van der Waals surface area contributed by atoms with Crippen LogP contribution in [0.4, 0.5) is 0 Å². The van der Waals surface area contributed by atoms with Crippen molar-refractivity contribution in [2.24, 2.45) is 5.92 Å². The van der Waals surface area contributed by atoms with E-state index < -0.39 is 0 Å². The molecule has 1 aliphatic rings. The summed E-state index contributed by atoms with van der Waals surface area (Å²) in [5, 5.41) is 11.2. The largest absolute Gasteiger partial charge is 0.493 e. The van der Waals surface area contributed by atoms with Gasteiger partial charge < -0.3 is 15.0 Å². The molecule has 0 spiro atoms. The molecule has 1 saturated heterocycles. The van der Waals surface area contributed by atoms with Crippen LogP contribution in [0.5, 0.6) is 5.75 Å². The molecule has 1 aliphatic heterocycles. The van der Waals surface area contributed by atoms with Gasteiger partial charge >= 0.3 is 0 Å². The number of hydrogen-bond acceptors (Lipinski definition) is 5. The molecular formula is C22H25N5O3. The van der Waals surface area contributed by atoms with Crippen LogP contribution in [0.1, 0.15) is 25.1 Å². The highest BCUT2D eigenvalue weighted by Gasteiger charge is 2.28. The monoisotopic (exact) mass is 407 g/mol. The zero-order chi connectivity index (χ0) is 20.8. The fourth-order valence-electron chi connectivity index (χ4n) is 3.67. The summed E-state index contributed by atoms with van der Waals surface area (Å²) < 4.78 is 7.47. The highest BCUT2D eigenvalue weighted by atomic mass is 16.5. The Morgan fingerprint density at radius 3 is 2.80 bits per heavy atom.